The SMILES string of the molecule is CC(=O)N[C@@H](Cc1c[nH]cn1)C(=O)N[C@H](Cc1ccccc1)C(=O)N[C@@H](CCCNC(=N)N)C(=O)N[C@@H](Cc1c[nH]c2ccccc12)C(=O)NCCCOCCOCCOCCCNC(=O)CCC(=O)N[C@@H](Cc1c[nH]cn1)C(=O)N[C@H](Cc1ccccc1)C(=O)N[C@@H](CCCNC(=N)N)C(=O)N[C@@H](Cc1c[nH]c2ccccc12)C(N)=O. The van der Waals surface area contributed by atoms with Crippen LogP contribution in [0.4, 0.5) is 0 Å². The first-order valence-corrected chi connectivity index (χ1v) is 38.8. The fourth-order valence-corrected chi connectivity index (χ4v) is 12.7. The van der Waals surface area contributed by atoms with Crippen LogP contribution in [0.15, 0.2) is 147 Å². The number of imidazole rings is 2. The van der Waals surface area contributed by atoms with E-state index >= 15 is 0 Å². The molecule has 0 saturated heterocycles. The highest BCUT2D eigenvalue weighted by atomic mass is 16.5. The number of ether oxygens (including phenoxy) is 3. The minimum Gasteiger partial charge on any atom is -0.379 e. The van der Waals surface area contributed by atoms with Gasteiger partial charge in [-0.25, -0.2) is 9.97 Å². The van der Waals surface area contributed by atoms with Gasteiger partial charge in [-0.1, -0.05) is 97.1 Å². The van der Waals surface area contributed by atoms with Gasteiger partial charge in [0.15, 0.2) is 11.9 Å². The maximum absolute atomic E-state index is 14.6. The summed E-state index contributed by atoms with van der Waals surface area (Å²) in [5.74, 6) is -7.78. The zero-order chi connectivity index (χ0) is 83.7. The molecule has 0 radical (unpaired) electrons. The Morgan fingerprint density at radius 2 is 0.744 bits per heavy atom. The number of para-hydroxylation sites is 2. The summed E-state index contributed by atoms with van der Waals surface area (Å²) in [6.45, 7) is 3.53. The van der Waals surface area contributed by atoms with E-state index in [1.807, 2.05) is 48.5 Å². The number of rotatable bonds is 53. The molecule has 626 valence electrons. The van der Waals surface area contributed by atoms with Gasteiger partial charge in [-0.2, -0.15) is 0 Å². The number of amides is 11. The number of nitrogens with one attached hydrogen (secondary N) is 18. The van der Waals surface area contributed by atoms with Crippen molar-refractivity contribution in [3.05, 3.63) is 180 Å². The van der Waals surface area contributed by atoms with E-state index in [0.717, 1.165) is 32.9 Å². The van der Waals surface area contributed by atoms with Crippen LogP contribution in [-0.4, -0.2) is 221 Å². The normalized spacial score (nSPS) is 13.2. The zero-order valence-electron chi connectivity index (χ0n) is 65.3. The number of benzene rings is 4. The number of carbonyl (C=O) groups is 11. The van der Waals surface area contributed by atoms with Gasteiger partial charge < -0.3 is 115 Å². The number of primary amides is 1. The Bertz CT molecular complexity index is 4520. The lowest BCUT2D eigenvalue weighted by molar-refractivity contribution is -0.134. The van der Waals surface area contributed by atoms with E-state index in [0.29, 0.717) is 35.4 Å². The molecule has 0 aliphatic heterocycles. The molecule has 0 bridgehead atoms. The number of aromatic amines is 4. The number of nitrogens with zero attached hydrogens (tertiary/aromatic N) is 2. The summed E-state index contributed by atoms with van der Waals surface area (Å²) in [5.41, 5.74) is 22.2. The third kappa shape index (κ3) is 31.7. The second-order valence-electron chi connectivity index (χ2n) is 27.8. The molecule has 37 nitrogen and oxygen atoms in total. The largest absolute Gasteiger partial charge is 0.379 e. The van der Waals surface area contributed by atoms with Crippen molar-refractivity contribution in [1.29, 1.82) is 10.8 Å². The van der Waals surface area contributed by atoms with Crippen LogP contribution in [0.3, 0.4) is 0 Å². The maximum atomic E-state index is 14.6. The average Bonchev–Trinajstić information content (AvgIpc) is 1.72. The molecule has 0 unspecified atom stereocenters. The number of guanidine groups is 2. The first-order chi connectivity index (χ1) is 56.5. The first kappa shape index (κ1) is 89.5. The Hall–Kier alpha value is -13.0. The van der Waals surface area contributed by atoms with Crippen LogP contribution in [0.25, 0.3) is 21.8 Å². The van der Waals surface area contributed by atoms with E-state index in [1.54, 1.807) is 85.5 Å². The minimum absolute atomic E-state index is 0.0101. The molecule has 11 amide bonds. The van der Waals surface area contributed by atoms with Crippen molar-refractivity contribution in [2.24, 2.45) is 17.2 Å². The third-order valence-corrected chi connectivity index (χ3v) is 18.7. The van der Waals surface area contributed by atoms with Crippen molar-refractivity contribution in [3.63, 3.8) is 0 Å². The predicted octanol–water partition coefficient (Wildman–Crippen LogP) is -0.396. The fraction of sp³-hybridized carbons (Fsp3) is 0.412. The number of hydrogen-bond donors (Lipinski definition) is 21. The Morgan fingerprint density at radius 1 is 0.376 bits per heavy atom. The van der Waals surface area contributed by atoms with Gasteiger partial charge in [0.1, 0.15) is 48.3 Å². The van der Waals surface area contributed by atoms with E-state index in [-0.39, 0.29) is 155 Å². The van der Waals surface area contributed by atoms with Crippen LogP contribution in [0.2, 0.25) is 0 Å². The van der Waals surface area contributed by atoms with Crippen LogP contribution in [-0.2, 0) is 105 Å². The summed E-state index contributed by atoms with van der Waals surface area (Å²) >= 11 is 0. The van der Waals surface area contributed by atoms with Gasteiger partial charge in [-0.05, 0) is 72.9 Å². The third-order valence-electron chi connectivity index (χ3n) is 18.7. The molecule has 4 aromatic carbocycles. The predicted molar refractivity (Wildman–Crippen MR) is 434 cm³/mol. The van der Waals surface area contributed by atoms with Crippen molar-refractivity contribution in [3.8, 4) is 0 Å². The molecule has 4 heterocycles. The van der Waals surface area contributed by atoms with Crippen molar-refractivity contribution in [2.75, 3.05) is 65.8 Å². The Morgan fingerprint density at radius 3 is 1.18 bits per heavy atom. The summed E-state index contributed by atoms with van der Waals surface area (Å²) in [4.78, 5) is 172. The highest BCUT2D eigenvalue weighted by Gasteiger charge is 2.35. The molecule has 0 aliphatic carbocycles. The highest BCUT2D eigenvalue weighted by Crippen LogP contribution is 2.22. The lowest BCUT2D eigenvalue weighted by Crippen LogP contribution is -2.59. The molecule has 8 aromatic rings. The molecular formula is C80H107N23O14. The Balaban J connectivity index is 0.752. The van der Waals surface area contributed by atoms with Crippen LogP contribution >= 0.6 is 0 Å². The number of carbonyl (C=O) groups excluding carboxylic acids is 11. The smallest absolute Gasteiger partial charge is 0.243 e. The molecular weight excluding hydrogens is 1510 g/mol. The summed E-state index contributed by atoms with van der Waals surface area (Å²) in [6, 6.07) is 22.8. The Labute approximate surface area is 675 Å². The number of fused-ring (bicyclic) bond motifs is 2. The number of H-pyrrole nitrogens is 4. The molecule has 37 heteroatoms. The number of aromatic nitrogens is 6. The number of hydrogen-bond acceptors (Lipinski definition) is 18. The molecule has 24 N–H and O–H groups in total. The topological polar surface area (TPSA) is 575 Å². The quantitative estimate of drug-likeness (QED) is 0.0131. The van der Waals surface area contributed by atoms with Crippen molar-refractivity contribution in [2.45, 2.75) is 145 Å². The molecule has 0 aliphatic rings. The first-order valence-electron chi connectivity index (χ1n) is 38.8. The monoisotopic (exact) mass is 1610 g/mol. The summed E-state index contributed by atoms with van der Waals surface area (Å²) in [5, 5.41) is 50.0. The fourth-order valence-electron chi connectivity index (χ4n) is 12.7. The lowest BCUT2D eigenvalue weighted by atomic mass is 10.0. The number of nitrogens with two attached hydrogens (primary N) is 3. The van der Waals surface area contributed by atoms with Gasteiger partial charge in [-0.3, -0.25) is 63.6 Å². The lowest BCUT2D eigenvalue weighted by Gasteiger charge is -2.27. The average molecular weight is 1610 g/mol. The van der Waals surface area contributed by atoms with Crippen LogP contribution in [0.5, 0.6) is 0 Å². The minimum atomic E-state index is -1.32. The van der Waals surface area contributed by atoms with Crippen LogP contribution in [0.1, 0.15) is 91.9 Å². The molecule has 0 spiro atoms. The summed E-state index contributed by atoms with van der Waals surface area (Å²) in [7, 11) is 0. The second-order valence-corrected chi connectivity index (χ2v) is 27.8. The van der Waals surface area contributed by atoms with Gasteiger partial charge in [0, 0.05) is 144 Å². The van der Waals surface area contributed by atoms with Crippen LogP contribution < -0.4 is 81.0 Å². The van der Waals surface area contributed by atoms with E-state index in [9.17, 15) is 52.7 Å². The van der Waals surface area contributed by atoms with E-state index in [1.165, 1.54) is 19.6 Å². The summed E-state index contributed by atoms with van der Waals surface area (Å²) < 4.78 is 17.1. The molecule has 117 heavy (non-hydrogen) atoms. The van der Waals surface area contributed by atoms with E-state index in [2.05, 4.69) is 93.7 Å². The van der Waals surface area contributed by atoms with E-state index < -0.39 is 113 Å². The zero-order valence-corrected chi connectivity index (χ0v) is 65.3. The van der Waals surface area contributed by atoms with Crippen LogP contribution in [0, 0.1) is 10.8 Å². The molecule has 8 atom stereocenters. The van der Waals surface area contributed by atoms with Gasteiger partial charge in [0.05, 0.1) is 50.5 Å². The second kappa shape index (κ2) is 48.2. The Kier molecular flexibility index (Phi) is 36.9. The molecule has 0 fully saturated rings. The van der Waals surface area contributed by atoms with Crippen molar-refractivity contribution in [1.82, 2.24) is 93.7 Å². The van der Waals surface area contributed by atoms with Gasteiger partial charge in [-0.15, -0.1) is 0 Å². The highest BCUT2D eigenvalue weighted by molar-refractivity contribution is 5.98. The van der Waals surface area contributed by atoms with Crippen molar-refractivity contribution >= 4 is 98.7 Å². The van der Waals surface area contributed by atoms with Gasteiger partial charge in [0.25, 0.3) is 0 Å². The molecule has 0 saturated carbocycles. The summed E-state index contributed by atoms with van der Waals surface area (Å²) in [6.07, 6.45) is 10.3. The standard InChI is InChI=1S/C80H107N23O14/c1-50(104)96-67(42-55-46-86-48-94-55)77(113)101-64(38-51-16-4-2-5-17-51)75(111)99-62(25-13-29-91-80(84)85)74(110)103-66(41-54-45-93-60-23-11-9-21-58(54)60)72(108)89-31-15-33-116-35-37-117-36-34-115-32-14-30-88-69(105)26-27-70(106)97-68(43-56-47-87-49-95-56)78(114)102-65(39-52-18-6-3-7-19-52)76(112)98-61(24-12-28-90-79(82)83)73(109)100-63(71(81)107)40-53-44-92-59-22-10-8-20-57(53)59/h2-11,16-23,44-49,61-68,92-93H,12-15,24-43H2,1H3,(H2,81,107)(H,86,94)(H,87,95)(H,88,105)(H,89,108)(H,96,104)(H,97,106)(H,98,112)(H,99,111)(H,100,109)(H,101,113)(H,102,114)(H,103,110)(H4,82,83,90)(H4,84,85,91)/t61-,62-,63-,64+,65+,66-,67-,68-/m0/s1. The van der Waals surface area contributed by atoms with E-state index in [4.69, 9.17) is 42.2 Å². The van der Waals surface area contributed by atoms with Gasteiger partial charge >= 0.3 is 0 Å². The molecule has 8 rings (SSSR count). The molecule has 4 aromatic heterocycles. The van der Waals surface area contributed by atoms with Gasteiger partial charge in [0.2, 0.25) is 65.0 Å². The maximum Gasteiger partial charge on any atom is 0.243 e. The van der Waals surface area contributed by atoms with Crippen molar-refractivity contribution < 1.29 is 67.0 Å².